The maximum absolute atomic E-state index is 12.9. The van der Waals surface area contributed by atoms with E-state index in [0.29, 0.717) is 22.9 Å². The van der Waals surface area contributed by atoms with E-state index in [1.165, 1.54) is 0 Å². The van der Waals surface area contributed by atoms with E-state index in [0.717, 1.165) is 22.9 Å². The average Bonchev–Trinajstić information content (AvgIpc) is 3.39. The molecule has 0 unspecified atom stereocenters. The summed E-state index contributed by atoms with van der Waals surface area (Å²) >= 11 is 0. The van der Waals surface area contributed by atoms with Gasteiger partial charge in [0.1, 0.15) is 17.2 Å². The largest absolute Gasteiger partial charge is 0.460 e. The molecule has 0 radical (unpaired) electrons. The molecule has 0 saturated heterocycles. The Bertz CT molecular complexity index is 1100. The Morgan fingerprint density at radius 2 is 1.86 bits per heavy atom. The fourth-order valence-corrected chi connectivity index (χ4v) is 2.86. The highest BCUT2D eigenvalue weighted by molar-refractivity contribution is 5.99. The molecule has 3 aromatic heterocycles. The van der Waals surface area contributed by atoms with Crippen molar-refractivity contribution in [1.82, 2.24) is 20.1 Å². The van der Waals surface area contributed by atoms with Gasteiger partial charge in [0, 0.05) is 6.20 Å². The van der Waals surface area contributed by atoms with Gasteiger partial charge in [0.2, 0.25) is 5.89 Å². The summed E-state index contributed by atoms with van der Waals surface area (Å²) in [5, 5.41) is 7.43. The first kappa shape index (κ1) is 17.8. The normalized spacial score (nSPS) is 11.0. The number of carbonyl (C=O) groups excluding carboxylic acids is 1. The maximum Gasteiger partial charge on any atom is 0.255 e. The third-order valence-electron chi connectivity index (χ3n) is 4.43. The maximum atomic E-state index is 12.9. The molecule has 1 aromatic carbocycles. The van der Waals surface area contributed by atoms with Crippen molar-refractivity contribution in [2.75, 3.05) is 0 Å². The van der Waals surface area contributed by atoms with Crippen molar-refractivity contribution >= 4 is 5.91 Å². The van der Waals surface area contributed by atoms with Crippen LogP contribution in [0.4, 0.5) is 0 Å². The van der Waals surface area contributed by atoms with Crippen LogP contribution < -0.4 is 5.32 Å². The molecule has 1 amide bonds. The monoisotopic (exact) mass is 376 g/mol. The molecule has 0 aliphatic carbocycles. The van der Waals surface area contributed by atoms with Gasteiger partial charge in [0.05, 0.1) is 23.5 Å². The minimum Gasteiger partial charge on any atom is -0.460 e. The zero-order chi connectivity index (χ0) is 19.7. The molecular formula is C21H20N4O3. The summed E-state index contributed by atoms with van der Waals surface area (Å²) in [6.07, 6.45) is 1.70. The molecule has 7 heteroatoms. The number of amides is 1. The molecule has 7 nitrogen and oxygen atoms in total. The van der Waals surface area contributed by atoms with Gasteiger partial charge in [-0.25, -0.2) is 9.67 Å². The van der Waals surface area contributed by atoms with E-state index in [2.05, 4.69) is 15.4 Å². The number of nitrogens with zero attached hydrogens (tertiary/aromatic N) is 3. The zero-order valence-corrected chi connectivity index (χ0v) is 15.9. The topological polar surface area (TPSA) is 86.1 Å². The summed E-state index contributed by atoms with van der Waals surface area (Å²) in [6, 6.07) is 13.3. The molecule has 0 aliphatic heterocycles. The molecule has 3 heterocycles. The lowest BCUT2D eigenvalue weighted by atomic mass is 10.2. The number of hydrogen-bond donors (Lipinski definition) is 1. The second kappa shape index (κ2) is 7.19. The van der Waals surface area contributed by atoms with Crippen molar-refractivity contribution in [3.63, 3.8) is 0 Å². The van der Waals surface area contributed by atoms with Crippen LogP contribution >= 0.6 is 0 Å². The molecule has 28 heavy (non-hydrogen) atoms. The fraction of sp³-hybridized carbons (Fsp3) is 0.190. The van der Waals surface area contributed by atoms with Gasteiger partial charge in [-0.3, -0.25) is 4.79 Å². The Balaban J connectivity index is 1.65. The summed E-state index contributed by atoms with van der Waals surface area (Å²) in [5.41, 5.74) is 2.56. The molecule has 4 rings (SSSR count). The van der Waals surface area contributed by atoms with Crippen LogP contribution in [-0.2, 0) is 6.54 Å². The molecule has 4 aromatic rings. The zero-order valence-electron chi connectivity index (χ0n) is 15.9. The lowest BCUT2D eigenvalue weighted by Crippen LogP contribution is -2.23. The predicted molar refractivity (Wildman–Crippen MR) is 103 cm³/mol. The van der Waals surface area contributed by atoms with Crippen LogP contribution in [0.2, 0.25) is 0 Å². The number of nitrogens with one attached hydrogen (secondary N) is 1. The Hall–Kier alpha value is -3.61. The van der Waals surface area contributed by atoms with Gasteiger partial charge in [0.15, 0.2) is 5.76 Å². The average molecular weight is 376 g/mol. The number of benzene rings is 1. The van der Waals surface area contributed by atoms with E-state index in [1.807, 2.05) is 63.2 Å². The number of para-hydroxylation sites is 1. The predicted octanol–water partition coefficient (Wildman–Crippen LogP) is 3.98. The third-order valence-corrected chi connectivity index (χ3v) is 4.43. The second-order valence-electron chi connectivity index (χ2n) is 6.51. The highest BCUT2D eigenvalue weighted by Gasteiger charge is 2.21. The molecule has 0 bridgehead atoms. The SMILES string of the molecule is Cc1ccc(-c2nn(-c3ccccc3)cc2C(=O)NCc2nc(C)c(C)o2)o1. The van der Waals surface area contributed by atoms with Crippen LogP contribution in [-0.4, -0.2) is 20.7 Å². The van der Waals surface area contributed by atoms with Crippen molar-refractivity contribution in [3.8, 4) is 17.1 Å². The number of aromatic nitrogens is 3. The Labute approximate surface area is 162 Å². The number of rotatable bonds is 5. The van der Waals surface area contributed by atoms with Crippen molar-refractivity contribution in [2.45, 2.75) is 27.3 Å². The van der Waals surface area contributed by atoms with E-state index >= 15 is 0 Å². The summed E-state index contributed by atoms with van der Waals surface area (Å²) in [7, 11) is 0. The van der Waals surface area contributed by atoms with Gasteiger partial charge in [-0.15, -0.1) is 0 Å². The molecule has 0 saturated carbocycles. The van der Waals surface area contributed by atoms with Gasteiger partial charge in [-0.05, 0) is 45.0 Å². The van der Waals surface area contributed by atoms with Gasteiger partial charge in [-0.1, -0.05) is 18.2 Å². The third kappa shape index (κ3) is 3.46. The van der Waals surface area contributed by atoms with Gasteiger partial charge < -0.3 is 14.2 Å². The van der Waals surface area contributed by atoms with Crippen molar-refractivity contribution in [2.24, 2.45) is 0 Å². The number of aryl methyl sites for hydroxylation is 3. The number of carbonyl (C=O) groups is 1. The van der Waals surface area contributed by atoms with Crippen LogP contribution in [0.3, 0.4) is 0 Å². The van der Waals surface area contributed by atoms with E-state index in [4.69, 9.17) is 8.83 Å². The quantitative estimate of drug-likeness (QED) is 0.569. The highest BCUT2D eigenvalue weighted by atomic mass is 16.4. The molecule has 1 N–H and O–H groups in total. The van der Waals surface area contributed by atoms with Crippen molar-refractivity contribution in [1.29, 1.82) is 0 Å². The van der Waals surface area contributed by atoms with E-state index in [1.54, 1.807) is 10.9 Å². The molecule has 142 valence electrons. The van der Waals surface area contributed by atoms with E-state index in [9.17, 15) is 4.79 Å². The number of hydrogen-bond acceptors (Lipinski definition) is 5. The Morgan fingerprint density at radius 1 is 1.07 bits per heavy atom. The lowest BCUT2D eigenvalue weighted by molar-refractivity contribution is 0.0947. The summed E-state index contributed by atoms with van der Waals surface area (Å²) < 4.78 is 12.9. The van der Waals surface area contributed by atoms with Crippen molar-refractivity contribution < 1.29 is 13.6 Å². The lowest BCUT2D eigenvalue weighted by Gasteiger charge is -2.02. The van der Waals surface area contributed by atoms with Crippen LogP contribution in [0, 0.1) is 20.8 Å². The standard InChI is InChI=1S/C21H20N4O3/c1-13-9-10-18(27-13)20-17(12-25(24-20)16-7-5-4-6-8-16)21(26)22-11-19-23-14(2)15(3)28-19/h4-10,12H,11H2,1-3H3,(H,22,26). The first-order valence-corrected chi connectivity index (χ1v) is 8.94. The van der Waals surface area contributed by atoms with E-state index in [-0.39, 0.29) is 12.5 Å². The van der Waals surface area contributed by atoms with Crippen LogP contribution in [0.1, 0.15) is 33.5 Å². The summed E-state index contributed by atoms with van der Waals surface area (Å²) in [5.74, 6) is 2.23. The van der Waals surface area contributed by atoms with Gasteiger partial charge in [0.25, 0.3) is 5.91 Å². The molecular weight excluding hydrogens is 356 g/mol. The number of oxazole rings is 1. The Morgan fingerprint density at radius 3 is 2.50 bits per heavy atom. The smallest absolute Gasteiger partial charge is 0.255 e. The van der Waals surface area contributed by atoms with Crippen molar-refractivity contribution in [3.05, 3.63) is 77.3 Å². The fourth-order valence-electron chi connectivity index (χ4n) is 2.86. The van der Waals surface area contributed by atoms with Gasteiger partial charge >= 0.3 is 0 Å². The molecule has 0 spiro atoms. The minimum atomic E-state index is -0.278. The molecule has 0 atom stereocenters. The highest BCUT2D eigenvalue weighted by Crippen LogP contribution is 2.25. The second-order valence-corrected chi connectivity index (χ2v) is 6.51. The minimum absolute atomic E-state index is 0.195. The number of furan rings is 1. The van der Waals surface area contributed by atoms with Gasteiger partial charge in [-0.2, -0.15) is 5.10 Å². The first-order chi connectivity index (χ1) is 13.5. The Kier molecular flexibility index (Phi) is 4.57. The van der Waals surface area contributed by atoms with E-state index < -0.39 is 0 Å². The molecule has 0 fully saturated rings. The van der Waals surface area contributed by atoms with Crippen LogP contribution in [0.15, 0.2) is 57.5 Å². The summed E-state index contributed by atoms with van der Waals surface area (Å²) in [4.78, 5) is 17.2. The van der Waals surface area contributed by atoms with Crippen LogP contribution in [0.25, 0.3) is 17.1 Å². The first-order valence-electron chi connectivity index (χ1n) is 8.94. The summed E-state index contributed by atoms with van der Waals surface area (Å²) in [6.45, 7) is 5.76. The van der Waals surface area contributed by atoms with Crippen LogP contribution in [0.5, 0.6) is 0 Å². The molecule has 0 aliphatic rings.